The first kappa shape index (κ1) is 12.3. The summed E-state index contributed by atoms with van der Waals surface area (Å²) < 4.78 is 4.83. The highest BCUT2D eigenvalue weighted by molar-refractivity contribution is 5.95. The van der Waals surface area contributed by atoms with Gasteiger partial charge in [0.2, 0.25) is 5.89 Å². The molecule has 0 saturated heterocycles. The van der Waals surface area contributed by atoms with Crippen molar-refractivity contribution in [3.8, 4) is 0 Å². The van der Waals surface area contributed by atoms with Gasteiger partial charge >= 0.3 is 0 Å². The van der Waals surface area contributed by atoms with Crippen LogP contribution in [0.5, 0.6) is 0 Å². The van der Waals surface area contributed by atoms with E-state index in [1.807, 2.05) is 32.0 Å². The van der Waals surface area contributed by atoms with Crippen LogP contribution in [-0.2, 0) is 6.54 Å². The first-order valence-corrected chi connectivity index (χ1v) is 5.71. The average molecular weight is 245 g/mol. The van der Waals surface area contributed by atoms with Crippen molar-refractivity contribution in [2.75, 3.05) is 0 Å². The van der Waals surface area contributed by atoms with Gasteiger partial charge in [-0.2, -0.15) is 4.98 Å². The molecule has 1 heterocycles. The number of hydrogen-bond donors (Lipinski definition) is 1. The molecule has 0 spiro atoms. The minimum Gasteiger partial charge on any atom is -0.345 e. The Kier molecular flexibility index (Phi) is 3.41. The Hall–Kier alpha value is -2.17. The third-order valence-corrected chi connectivity index (χ3v) is 2.61. The summed E-state index contributed by atoms with van der Waals surface area (Å²) in [6.45, 7) is 5.85. The van der Waals surface area contributed by atoms with Gasteiger partial charge in [0.05, 0.1) is 6.54 Å². The number of rotatable bonds is 3. The van der Waals surface area contributed by atoms with Gasteiger partial charge in [0.25, 0.3) is 5.91 Å². The topological polar surface area (TPSA) is 68.0 Å². The largest absolute Gasteiger partial charge is 0.345 e. The monoisotopic (exact) mass is 245 g/mol. The molecule has 0 unspecified atom stereocenters. The van der Waals surface area contributed by atoms with E-state index in [-0.39, 0.29) is 12.5 Å². The van der Waals surface area contributed by atoms with Gasteiger partial charge in [-0.1, -0.05) is 22.9 Å². The molecule has 0 fully saturated rings. The highest BCUT2D eigenvalue weighted by Gasteiger charge is 2.10. The molecular formula is C13H15N3O2. The first-order valence-electron chi connectivity index (χ1n) is 5.71. The summed E-state index contributed by atoms with van der Waals surface area (Å²) in [5.74, 6) is 0.843. The van der Waals surface area contributed by atoms with Crippen molar-refractivity contribution in [3.05, 3.63) is 46.6 Å². The fraction of sp³-hybridized carbons (Fsp3) is 0.308. The van der Waals surface area contributed by atoms with Crippen LogP contribution in [-0.4, -0.2) is 16.0 Å². The zero-order valence-corrected chi connectivity index (χ0v) is 10.7. The molecule has 18 heavy (non-hydrogen) atoms. The van der Waals surface area contributed by atoms with Crippen LogP contribution in [0.4, 0.5) is 0 Å². The van der Waals surface area contributed by atoms with E-state index in [4.69, 9.17) is 4.52 Å². The Morgan fingerprint density at radius 1 is 1.33 bits per heavy atom. The highest BCUT2D eigenvalue weighted by Crippen LogP contribution is 2.10. The minimum absolute atomic E-state index is 0.126. The molecule has 1 amide bonds. The molecule has 0 aliphatic heterocycles. The molecule has 0 aliphatic carbocycles. The number of nitrogens with one attached hydrogen (secondary N) is 1. The number of carbonyl (C=O) groups excluding carboxylic acids is 1. The Labute approximate surface area is 105 Å². The van der Waals surface area contributed by atoms with Gasteiger partial charge in [-0.3, -0.25) is 4.79 Å². The lowest BCUT2D eigenvalue weighted by Crippen LogP contribution is -2.24. The lowest BCUT2D eigenvalue weighted by Gasteiger charge is -2.06. The predicted molar refractivity (Wildman–Crippen MR) is 66.1 cm³/mol. The molecule has 0 aliphatic rings. The molecule has 0 saturated carbocycles. The fourth-order valence-electron chi connectivity index (χ4n) is 1.65. The Bertz CT molecular complexity index is 575. The van der Waals surface area contributed by atoms with E-state index in [2.05, 4.69) is 15.5 Å². The second-order valence-electron chi connectivity index (χ2n) is 4.23. The number of aryl methyl sites for hydroxylation is 3. The molecule has 2 rings (SSSR count). The van der Waals surface area contributed by atoms with Gasteiger partial charge in [-0.05, 0) is 25.5 Å². The van der Waals surface area contributed by atoms with Crippen molar-refractivity contribution in [1.82, 2.24) is 15.5 Å². The summed E-state index contributed by atoms with van der Waals surface area (Å²) in [4.78, 5) is 16.0. The Morgan fingerprint density at radius 3 is 2.78 bits per heavy atom. The van der Waals surface area contributed by atoms with Crippen LogP contribution < -0.4 is 5.32 Å². The van der Waals surface area contributed by atoms with Crippen LogP contribution in [0.2, 0.25) is 0 Å². The smallest absolute Gasteiger partial charge is 0.251 e. The van der Waals surface area contributed by atoms with Crippen LogP contribution in [0, 0.1) is 20.8 Å². The number of nitrogens with zero attached hydrogens (tertiary/aromatic N) is 2. The molecule has 2 aromatic rings. The highest BCUT2D eigenvalue weighted by atomic mass is 16.5. The first-order chi connectivity index (χ1) is 8.56. The van der Waals surface area contributed by atoms with E-state index in [1.165, 1.54) is 0 Å². The van der Waals surface area contributed by atoms with Gasteiger partial charge in [-0.15, -0.1) is 0 Å². The summed E-state index contributed by atoms with van der Waals surface area (Å²) in [6.07, 6.45) is 0. The maximum Gasteiger partial charge on any atom is 0.251 e. The SMILES string of the molecule is Cc1ccc(C)c(C(=O)NCc2noc(C)n2)c1. The Balaban J connectivity index is 2.05. The second kappa shape index (κ2) is 5.00. The molecule has 0 bridgehead atoms. The summed E-state index contributed by atoms with van der Waals surface area (Å²) in [5.41, 5.74) is 2.68. The van der Waals surface area contributed by atoms with Crippen LogP contribution in [0.15, 0.2) is 22.7 Å². The standard InChI is InChI=1S/C13H15N3O2/c1-8-4-5-9(2)11(6-8)13(17)14-7-12-15-10(3)18-16-12/h4-6H,7H2,1-3H3,(H,14,17). The lowest BCUT2D eigenvalue weighted by atomic mass is 10.1. The number of benzene rings is 1. The fourth-order valence-corrected chi connectivity index (χ4v) is 1.65. The van der Waals surface area contributed by atoms with Crippen molar-refractivity contribution in [2.24, 2.45) is 0 Å². The van der Waals surface area contributed by atoms with Crippen LogP contribution >= 0.6 is 0 Å². The maximum atomic E-state index is 12.0. The number of aromatic nitrogens is 2. The van der Waals surface area contributed by atoms with Gasteiger partial charge in [0, 0.05) is 12.5 Å². The molecule has 5 nitrogen and oxygen atoms in total. The summed E-state index contributed by atoms with van der Waals surface area (Å²) >= 11 is 0. The summed E-state index contributed by atoms with van der Waals surface area (Å²) in [7, 11) is 0. The zero-order chi connectivity index (χ0) is 13.1. The van der Waals surface area contributed by atoms with Crippen LogP contribution in [0.3, 0.4) is 0 Å². The van der Waals surface area contributed by atoms with E-state index in [1.54, 1.807) is 6.92 Å². The van der Waals surface area contributed by atoms with E-state index in [9.17, 15) is 4.79 Å². The summed E-state index contributed by atoms with van der Waals surface area (Å²) in [5, 5.41) is 6.49. The van der Waals surface area contributed by atoms with Crippen LogP contribution in [0.1, 0.15) is 33.2 Å². The number of hydrogen-bond acceptors (Lipinski definition) is 4. The molecular weight excluding hydrogens is 230 g/mol. The minimum atomic E-state index is -0.126. The van der Waals surface area contributed by atoms with Gasteiger partial charge in [0.15, 0.2) is 5.82 Å². The third-order valence-electron chi connectivity index (χ3n) is 2.61. The molecule has 0 atom stereocenters. The van der Waals surface area contributed by atoms with E-state index < -0.39 is 0 Å². The quantitative estimate of drug-likeness (QED) is 0.897. The van der Waals surface area contributed by atoms with Crippen LogP contribution in [0.25, 0.3) is 0 Å². The zero-order valence-electron chi connectivity index (χ0n) is 10.7. The molecule has 0 radical (unpaired) electrons. The normalized spacial score (nSPS) is 10.4. The van der Waals surface area contributed by atoms with Crippen molar-refractivity contribution in [3.63, 3.8) is 0 Å². The summed E-state index contributed by atoms with van der Waals surface area (Å²) in [6, 6.07) is 5.78. The van der Waals surface area contributed by atoms with Crippen molar-refractivity contribution >= 4 is 5.91 Å². The molecule has 1 N–H and O–H groups in total. The molecule has 1 aromatic heterocycles. The molecule has 5 heteroatoms. The number of amides is 1. The lowest BCUT2D eigenvalue weighted by molar-refractivity contribution is 0.0949. The van der Waals surface area contributed by atoms with Crippen molar-refractivity contribution in [2.45, 2.75) is 27.3 Å². The van der Waals surface area contributed by atoms with Gasteiger partial charge in [0.1, 0.15) is 0 Å². The average Bonchev–Trinajstić information content (AvgIpc) is 2.75. The van der Waals surface area contributed by atoms with E-state index in [0.29, 0.717) is 17.3 Å². The van der Waals surface area contributed by atoms with Gasteiger partial charge < -0.3 is 9.84 Å². The van der Waals surface area contributed by atoms with Crippen molar-refractivity contribution < 1.29 is 9.32 Å². The van der Waals surface area contributed by atoms with E-state index >= 15 is 0 Å². The Morgan fingerprint density at radius 2 is 2.11 bits per heavy atom. The second-order valence-corrected chi connectivity index (χ2v) is 4.23. The molecule has 94 valence electrons. The predicted octanol–water partition coefficient (Wildman–Crippen LogP) is 1.92. The van der Waals surface area contributed by atoms with E-state index in [0.717, 1.165) is 11.1 Å². The molecule has 1 aromatic carbocycles. The maximum absolute atomic E-state index is 12.0. The third kappa shape index (κ3) is 2.74. The van der Waals surface area contributed by atoms with Crippen molar-refractivity contribution in [1.29, 1.82) is 0 Å². The number of carbonyl (C=O) groups is 1. The van der Waals surface area contributed by atoms with Gasteiger partial charge in [-0.25, -0.2) is 0 Å².